The molecule has 0 heterocycles. The summed E-state index contributed by atoms with van der Waals surface area (Å²) in [6.07, 6.45) is 7.09. The van der Waals surface area contributed by atoms with Crippen molar-refractivity contribution in [1.29, 1.82) is 0 Å². The molecule has 1 fully saturated rings. The van der Waals surface area contributed by atoms with Gasteiger partial charge in [0.25, 0.3) is 0 Å². The van der Waals surface area contributed by atoms with Gasteiger partial charge in [-0.25, -0.2) is 8.42 Å². The van der Waals surface area contributed by atoms with Crippen molar-refractivity contribution in [1.82, 2.24) is 10.2 Å². The number of hydrogen-bond donors (Lipinski definition) is 1. The van der Waals surface area contributed by atoms with E-state index in [2.05, 4.69) is 5.32 Å². The molecule has 1 N–H and O–H groups in total. The van der Waals surface area contributed by atoms with Gasteiger partial charge in [0.1, 0.15) is 6.04 Å². The van der Waals surface area contributed by atoms with Gasteiger partial charge in [-0.15, -0.1) is 0 Å². The van der Waals surface area contributed by atoms with Crippen LogP contribution in [0.5, 0.6) is 0 Å². The average molecular weight is 624 g/mol. The van der Waals surface area contributed by atoms with E-state index in [9.17, 15) is 18.0 Å². The van der Waals surface area contributed by atoms with Crippen LogP contribution in [0.3, 0.4) is 0 Å². The number of carbonyl (C=O) groups excluding carboxylic acids is 2. The largest absolute Gasteiger partial charge is 0.352 e. The van der Waals surface area contributed by atoms with Crippen LogP contribution in [-0.4, -0.2) is 50.0 Å². The van der Waals surface area contributed by atoms with Crippen LogP contribution in [0.1, 0.15) is 61.6 Å². The molecule has 1 saturated carbocycles. The summed E-state index contributed by atoms with van der Waals surface area (Å²) in [4.78, 5) is 29.6. The van der Waals surface area contributed by atoms with E-state index in [0.29, 0.717) is 23.6 Å². The van der Waals surface area contributed by atoms with Crippen molar-refractivity contribution in [3.8, 4) is 0 Å². The maximum absolute atomic E-state index is 14.0. The third kappa shape index (κ3) is 9.57. The Balaban J connectivity index is 1.60. The summed E-state index contributed by atoms with van der Waals surface area (Å²) < 4.78 is 26.7. The van der Waals surface area contributed by atoms with Crippen LogP contribution in [0.4, 0.5) is 5.69 Å². The fourth-order valence-electron chi connectivity index (χ4n) is 5.70. The molecule has 1 aliphatic carbocycles. The summed E-state index contributed by atoms with van der Waals surface area (Å²) >= 11 is 6.54. The molecular formula is C34H42ClN3O4S. The smallest absolute Gasteiger partial charge is 0.243 e. The highest BCUT2D eigenvalue weighted by atomic mass is 35.5. The number of hydrogen-bond acceptors (Lipinski definition) is 4. The predicted octanol–water partition coefficient (Wildman–Crippen LogP) is 6.28. The van der Waals surface area contributed by atoms with Crippen LogP contribution in [0.2, 0.25) is 5.02 Å². The van der Waals surface area contributed by atoms with Crippen LogP contribution in [0.25, 0.3) is 0 Å². The summed E-state index contributed by atoms with van der Waals surface area (Å²) in [6.45, 7) is 2.22. The van der Waals surface area contributed by atoms with Gasteiger partial charge in [0.15, 0.2) is 0 Å². The van der Waals surface area contributed by atoms with E-state index in [-0.39, 0.29) is 37.4 Å². The maximum Gasteiger partial charge on any atom is 0.243 e. The minimum Gasteiger partial charge on any atom is -0.352 e. The molecule has 2 amide bonds. The summed E-state index contributed by atoms with van der Waals surface area (Å²) in [5.74, 6) is -0.397. The highest BCUT2D eigenvalue weighted by molar-refractivity contribution is 7.92. The lowest BCUT2D eigenvalue weighted by atomic mass is 9.94. The van der Waals surface area contributed by atoms with Gasteiger partial charge in [0.2, 0.25) is 21.8 Å². The predicted molar refractivity (Wildman–Crippen MR) is 174 cm³/mol. The molecular weight excluding hydrogens is 582 g/mol. The van der Waals surface area contributed by atoms with Crippen LogP contribution >= 0.6 is 11.6 Å². The molecule has 0 aromatic heterocycles. The summed E-state index contributed by atoms with van der Waals surface area (Å²) in [5.41, 5.74) is 3.21. The van der Waals surface area contributed by atoms with E-state index < -0.39 is 16.1 Å². The second kappa shape index (κ2) is 15.4. The van der Waals surface area contributed by atoms with Crippen molar-refractivity contribution in [2.75, 3.05) is 17.1 Å². The molecule has 230 valence electrons. The zero-order valence-corrected chi connectivity index (χ0v) is 26.6. The third-order valence-corrected chi connectivity index (χ3v) is 9.53. The maximum atomic E-state index is 14.0. The number of sulfonamides is 1. The molecule has 0 bridgehead atoms. The Bertz CT molecular complexity index is 1480. The minimum atomic E-state index is -3.57. The lowest BCUT2D eigenvalue weighted by Gasteiger charge is -2.34. The lowest BCUT2D eigenvalue weighted by Crippen LogP contribution is -2.53. The van der Waals surface area contributed by atoms with Crippen molar-refractivity contribution in [3.05, 3.63) is 101 Å². The first-order valence-corrected chi connectivity index (χ1v) is 17.3. The standard InChI is InChI=1S/C34H42ClN3O4S/c1-26-13-11-19-30(23-26)38(43(2,41)42)22-12-21-33(39)37(25-28-16-9-10-20-31(28)35)32(24-27-14-5-3-6-15-27)34(40)36-29-17-7-4-8-18-29/h3,5-6,9-11,13-16,19-20,23,29,32H,4,7-8,12,17-18,21-22,24-25H2,1-2H3,(H,36,40). The first-order chi connectivity index (χ1) is 20.6. The van der Waals surface area contributed by atoms with Gasteiger partial charge in [0.05, 0.1) is 11.9 Å². The molecule has 1 unspecified atom stereocenters. The zero-order chi connectivity index (χ0) is 30.8. The van der Waals surface area contributed by atoms with Crippen LogP contribution in [-0.2, 0) is 32.6 Å². The summed E-state index contributed by atoms with van der Waals surface area (Å²) in [5, 5.41) is 3.76. The third-order valence-electron chi connectivity index (χ3n) is 7.96. The number of nitrogens with zero attached hydrogens (tertiary/aromatic N) is 2. The second-order valence-corrected chi connectivity index (χ2v) is 13.8. The van der Waals surface area contributed by atoms with Gasteiger partial charge >= 0.3 is 0 Å². The molecule has 3 aromatic rings. The van der Waals surface area contributed by atoms with Gasteiger partial charge < -0.3 is 10.2 Å². The number of nitrogens with one attached hydrogen (secondary N) is 1. The quantitative estimate of drug-likeness (QED) is 0.243. The van der Waals surface area contributed by atoms with E-state index in [1.54, 1.807) is 17.0 Å². The van der Waals surface area contributed by atoms with Crippen molar-refractivity contribution in [2.45, 2.75) is 76.9 Å². The molecule has 7 nitrogen and oxygen atoms in total. The number of benzene rings is 3. The SMILES string of the molecule is Cc1cccc(N(CCCC(=O)N(Cc2ccccc2Cl)C(Cc2ccccc2)C(=O)NC2CCCCC2)S(C)(=O)=O)c1. The number of aryl methyl sites for hydroxylation is 1. The number of halogens is 1. The van der Waals surface area contributed by atoms with Gasteiger partial charge in [-0.3, -0.25) is 13.9 Å². The normalized spacial score (nSPS) is 14.6. The van der Waals surface area contributed by atoms with Crippen LogP contribution < -0.4 is 9.62 Å². The van der Waals surface area contributed by atoms with Gasteiger partial charge in [-0.05, 0) is 61.1 Å². The number of amides is 2. The number of rotatable bonds is 13. The number of carbonyl (C=O) groups is 2. The zero-order valence-electron chi connectivity index (χ0n) is 25.0. The molecule has 0 radical (unpaired) electrons. The molecule has 0 saturated heterocycles. The van der Waals surface area contributed by atoms with Crippen molar-refractivity contribution in [3.63, 3.8) is 0 Å². The fourth-order valence-corrected chi connectivity index (χ4v) is 6.85. The number of anilines is 1. The van der Waals surface area contributed by atoms with Crippen LogP contribution in [0.15, 0.2) is 78.9 Å². The minimum absolute atomic E-state index is 0.0737. The van der Waals surface area contributed by atoms with E-state index in [0.717, 1.165) is 42.4 Å². The molecule has 43 heavy (non-hydrogen) atoms. The molecule has 0 aliphatic heterocycles. The molecule has 9 heteroatoms. The Kier molecular flexibility index (Phi) is 11.7. The topological polar surface area (TPSA) is 86.8 Å². The molecule has 1 aliphatic rings. The van der Waals surface area contributed by atoms with Crippen LogP contribution in [0, 0.1) is 6.92 Å². The van der Waals surface area contributed by atoms with Gasteiger partial charge in [-0.2, -0.15) is 0 Å². The van der Waals surface area contributed by atoms with Crippen molar-refractivity contribution < 1.29 is 18.0 Å². The van der Waals surface area contributed by atoms with Crippen molar-refractivity contribution in [2.24, 2.45) is 0 Å². The fraction of sp³-hybridized carbons (Fsp3) is 0.412. The monoisotopic (exact) mass is 623 g/mol. The Morgan fingerprint density at radius 3 is 2.33 bits per heavy atom. The molecule has 0 spiro atoms. The van der Waals surface area contributed by atoms with Gasteiger partial charge in [-0.1, -0.05) is 91.5 Å². The Morgan fingerprint density at radius 2 is 1.65 bits per heavy atom. The summed E-state index contributed by atoms with van der Waals surface area (Å²) in [6, 6.07) is 23.7. The Morgan fingerprint density at radius 1 is 0.953 bits per heavy atom. The Hall–Kier alpha value is -3.36. The first kappa shape index (κ1) is 32.6. The first-order valence-electron chi connectivity index (χ1n) is 15.0. The summed E-state index contributed by atoms with van der Waals surface area (Å²) in [7, 11) is -3.57. The van der Waals surface area contributed by atoms with E-state index in [1.807, 2.05) is 73.7 Å². The average Bonchev–Trinajstić information content (AvgIpc) is 2.98. The molecule has 3 aromatic carbocycles. The highest BCUT2D eigenvalue weighted by Gasteiger charge is 2.32. The van der Waals surface area contributed by atoms with Crippen molar-refractivity contribution >= 4 is 39.1 Å². The second-order valence-electron chi connectivity index (χ2n) is 11.4. The molecule has 4 rings (SSSR count). The van der Waals surface area contributed by atoms with E-state index in [1.165, 1.54) is 17.0 Å². The lowest BCUT2D eigenvalue weighted by molar-refractivity contribution is -0.141. The Labute approximate surface area is 261 Å². The highest BCUT2D eigenvalue weighted by Crippen LogP contribution is 2.24. The van der Waals surface area contributed by atoms with E-state index in [4.69, 9.17) is 11.6 Å². The molecule has 1 atom stereocenters. The van der Waals surface area contributed by atoms with Gasteiger partial charge in [0, 0.05) is 37.0 Å². The van der Waals surface area contributed by atoms with E-state index >= 15 is 0 Å².